The first-order chi connectivity index (χ1) is 7.63. The Hall–Kier alpha value is -1.000. The standard InChI is InChI=1S/C12H11BrO2S/c1-8-2-10(14)5-11(3-8)15-6-12-4-9(13)7-16-12/h2-5,7,14H,6H2,1H3. The van der Waals surface area contributed by atoms with Crippen molar-refractivity contribution in [2.45, 2.75) is 13.5 Å². The van der Waals surface area contributed by atoms with Gasteiger partial charge in [0.25, 0.3) is 0 Å². The van der Waals surface area contributed by atoms with Crippen LogP contribution in [0.25, 0.3) is 0 Å². The second-order valence-corrected chi connectivity index (χ2v) is 5.44. The molecule has 0 saturated carbocycles. The topological polar surface area (TPSA) is 29.5 Å². The first-order valence-corrected chi connectivity index (χ1v) is 6.47. The quantitative estimate of drug-likeness (QED) is 0.924. The molecule has 0 saturated heterocycles. The summed E-state index contributed by atoms with van der Waals surface area (Å²) in [5.41, 5.74) is 0.988. The zero-order valence-corrected chi connectivity index (χ0v) is 11.1. The second kappa shape index (κ2) is 4.89. The maximum absolute atomic E-state index is 9.41. The van der Waals surface area contributed by atoms with Crippen molar-refractivity contribution in [1.29, 1.82) is 0 Å². The molecule has 2 nitrogen and oxygen atoms in total. The summed E-state index contributed by atoms with van der Waals surface area (Å²) in [5, 5.41) is 11.4. The highest BCUT2D eigenvalue weighted by molar-refractivity contribution is 9.10. The molecule has 1 aromatic heterocycles. The molecule has 0 aliphatic heterocycles. The zero-order valence-electron chi connectivity index (χ0n) is 8.74. The van der Waals surface area contributed by atoms with Gasteiger partial charge in [0.15, 0.2) is 0 Å². The van der Waals surface area contributed by atoms with Crippen LogP contribution in [0.2, 0.25) is 0 Å². The normalized spacial score (nSPS) is 10.4. The molecule has 0 amide bonds. The van der Waals surface area contributed by atoms with Crippen molar-refractivity contribution in [3.63, 3.8) is 0 Å². The van der Waals surface area contributed by atoms with Crippen LogP contribution in [-0.2, 0) is 6.61 Å². The lowest BCUT2D eigenvalue weighted by Crippen LogP contribution is -1.92. The molecular formula is C12H11BrO2S. The van der Waals surface area contributed by atoms with Crippen LogP contribution < -0.4 is 4.74 Å². The summed E-state index contributed by atoms with van der Waals surface area (Å²) >= 11 is 5.04. The highest BCUT2D eigenvalue weighted by atomic mass is 79.9. The lowest BCUT2D eigenvalue weighted by Gasteiger charge is -2.06. The van der Waals surface area contributed by atoms with E-state index in [2.05, 4.69) is 15.9 Å². The van der Waals surface area contributed by atoms with Gasteiger partial charge in [0, 0.05) is 20.8 Å². The lowest BCUT2D eigenvalue weighted by molar-refractivity contribution is 0.307. The number of aryl methyl sites for hydroxylation is 1. The number of halogens is 1. The summed E-state index contributed by atoms with van der Waals surface area (Å²) in [6.45, 7) is 2.45. The van der Waals surface area contributed by atoms with Gasteiger partial charge >= 0.3 is 0 Å². The van der Waals surface area contributed by atoms with E-state index in [1.54, 1.807) is 23.5 Å². The number of rotatable bonds is 3. The molecule has 0 fully saturated rings. The van der Waals surface area contributed by atoms with Crippen molar-refractivity contribution in [3.8, 4) is 11.5 Å². The van der Waals surface area contributed by atoms with Gasteiger partial charge in [-0.25, -0.2) is 0 Å². The number of thiophene rings is 1. The molecular weight excluding hydrogens is 288 g/mol. The molecule has 0 radical (unpaired) electrons. The minimum atomic E-state index is 0.238. The predicted molar refractivity (Wildman–Crippen MR) is 69.2 cm³/mol. The van der Waals surface area contributed by atoms with Crippen molar-refractivity contribution in [2.75, 3.05) is 0 Å². The number of phenolic OH excluding ortho intramolecular Hbond substituents is 1. The predicted octanol–water partition coefficient (Wildman–Crippen LogP) is 4.10. The average molecular weight is 299 g/mol. The fourth-order valence-electron chi connectivity index (χ4n) is 1.40. The van der Waals surface area contributed by atoms with Crippen LogP contribution in [0.3, 0.4) is 0 Å². The molecule has 1 N–H and O–H groups in total. The molecule has 4 heteroatoms. The van der Waals surface area contributed by atoms with Gasteiger partial charge in [-0.3, -0.25) is 0 Å². The largest absolute Gasteiger partial charge is 0.508 e. The first kappa shape index (κ1) is 11.5. The molecule has 16 heavy (non-hydrogen) atoms. The van der Waals surface area contributed by atoms with Crippen LogP contribution in [0.5, 0.6) is 11.5 Å². The Morgan fingerprint density at radius 1 is 1.31 bits per heavy atom. The number of hydrogen-bond donors (Lipinski definition) is 1. The van der Waals surface area contributed by atoms with Crippen molar-refractivity contribution >= 4 is 27.3 Å². The number of hydrogen-bond acceptors (Lipinski definition) is 3. The van der Waals surface area contributed by atoms with Gasteiger partial charge in [0.1, 0.15) is 18.1 Å². The van der Waals surface area contributed by atoms with E-state index in [1.807, 2.05) is 24.4 Å². The number of phenols is 1. The van der Waals surface area contributed by atoms with E-state index in [4.69, 9.17) is 4.74 Å². The van der Waals surface area contributed by atoms with Crippen LogP contribution in [0, 0.1) is 6.92 Å². The number of benzene rings is 1. The SMILES string of the molecule is Cc1cc(O)cc(OCc2cc(Br)cs2)c1. The molecule has 0 aliphatic carbocycles. The molecule has 84 valence electrons. The maximum atomic E-state index is 9.41. The summed E-state index contributed by atoms with van der Waals surface area (Å²) in [7, 11) is 0. The van der Waals surface area contributed by atoms with E-state index in [1.165, 1.54) is 0 Å². The summed E-state index contributed by atoms with van der Waals surface area (Å²) in [6, 6.07) is 7.26. The van der Waals surface area contributed by atoms with Crippen LogP contribution in [0.4, 0.5) is 0 Å². The second-order valence-electron chi connectivity index (χ2n) is 3.52. The van der Waals surface area contributed by atoms with Gasteiger partial charge in [0.05, 0.1) is 0 Å². The highest BCUT2D eigenvalue weighted by Gasteiger charge is 2.01. The minimum absolute atomic E-state index is 0.238. The Balaban J connectivity index is 2.04. The Morgan fingerprint density at radius 2 is 2.12 bits per heavy atom. The summed E-state index contributed by atoms with van der Waals surface area (Å²) in [5.74, 6) is 0.935. The monoisotopic (exact) mass is 298 g/mol. The first-order valence-electron chi connectivity index (χ1n) is 4.80. The Bertz CT molecular complexity index is 473. The third-order valence-corrected chi connectivity index (χ3v) is 3.71. The third kappa shape index (κ3) is 3.00. The van der Waals surface area contributed by atoms with Crippen LogP contribution in [0.15, 0.2) is 34.1 Å². The zero-order chi connectivity index (χ0) is 11.5. The molecule has 2 aromatic rings. The molecule has 0 aliphatic rings. The molecule has 0 atom stereocenters. The highest BCUT2D eigenvalue weighted by Crippen LogP contribution is 2.24. The van der Waals surface area contributed by atoms with Gasteiger partial charge in [-0.2, -0.15) is 0 Å². The minimum Gasteiger partial charge on any atom is -0.508 e. The Kier molecular flexibility index (Phi) is 3.51. The summed E-state index contributed by atoms with van der Waals surface area (Å²) in [4.78, 5) is 1.15. The summed E-state index contributed by atoms with van der Waals surface area (Å²) in [6.07, 6.45) is 0. The fraction of sp³-hybridized carbons (Fsp3) is 0.167. The van der Waals surface area contributed by atoms with Gasteiger partial charge in [-0.05, 0) is 46.6 Å². The smallest absolute Gasteiger partial charge is 0.123 e. The number of aromatic hydroxyl groups is 1. The molecule has 0 bridgehead atoms. The van der Waals surface area contributed by atoms with Crippen LogP contribution >= 0.6 is 27.3 Å². The van der Waals surface area contributed by atoms with Gasteiger partial charge in [-0.1, -0.05) is 0 Å². The molecule has 2 rings (SSSR count). The van der Waals surface area contributed by atoms with E-state index in [-0.39, 0.29) is 5.75 Å². The molecule has 0 unspecified atom stereocenters. The summed E-state index contributed by atoms with van der Waals surface area (Å²) < 4.78 is 6.67. The van der Waals surface area contributed by atoms with Gasteiger partial charge < -0.3 is 9.84 Å². The van der Waals surface area contributed by atoms with Crippen LogP contribution in [0.1, 0.15) is 10.4 Å². The van der Waals surface area contributed by atoms with Gasteiger partial charge in [0.2, 0.25) is 0 Å². The fourth-order valence-corrected chi connectivity index (χ4v) is 2.76. The maximum Gasteiger partial charge on any atom is 0.123 e. The van der Waals surface area contributed by atoms with Gasteiger partial charge in [-0.15, -0.1) is 11.3 Å². The molecule has 0 spiro atoms. The van der Waals surface area contributed by atoms with E-state index in [0.29, 0.717) is 12.4 Å². The van der Waals surface area contributed by atoms with Crippen molar-refractivity contribution in [2.24, 2.45) is 0 Å². The Morgan fingerprint density at radius 3 is 2.75 bits per heavy atom. The van der Waals surface area contributed by atoms with E-state index in [9.17, 15) is 5.11 Å². The molecule has 1 heterocycles. The average Bonchev–Trinajstić information content (AvgIpc) is 2.60. The number of ether oxygens (including phenoxy) is 1. The molecule has 1 aromatic carbocycles. The third-order valence-electron chi connectivity index (χ3n) is 2.04. The lowest BCUT2D eigenvalue weighted by atomic mass is 10.2. The van der Waals surface area contributed by atoms with Crippen molar-refractivity contribution in [1.82, 2.24) is 0 Å². The van der Waals surface area contributed by atoms with E-state index >= 15 is 0 Å². The van der Waals surface area contributed by atoms with E-state index < -0.39 is 0 Å². The Labute approximate surface area is 107 Å². The van der Waals surface area contributed by atoms with Crippen LogP contribution in [-0.4, -0.2) is 5.11 Å². The van der Waals surface area contributed by atoms with Crippen molar-refractivity contribution in [3.05, 3.63) is 44.6 Å². The van der Waals surface area contributed by atoms with E-state index in [0.717, 1.165) is 14.9 Å². The van der Waals surface area contributed by atoms with Crippen molar-refractivity contribution < 1.29 is 9.84 Å².